The summed E-state index contributed by atoms with van der Waals surface area (Å²) in [5, 5.41) is 8.74. The highest BCUT2D eigenvalue weighted by molar-refractivity contribution is 14.0. The molecule has 5 nitrogen and oxygen atoms in total. The Hall–Kier alpha value is -0.440. The fourth-order valence-electron chi connectivity index (χ4n) is 2.93. The minimum Gasteiger partial charge on any atom is -0.356 e. The monoisotopic (exact) mass is 465 g/mol. The summed E-state index contributed by atoms with van der Waals surface area (Å²) < 4.78 is 2.09. The number of rotatable bonds is 5. The lowest BCUT2D eigenvalue weighted by Crippen LogP contribution is -2.49. The maximum Gasteiger partial charge on any atom is 0.193 e. The summed E-state index contributed by atoms with van der Waals surface area (Å²) in [5.41, 5.74) is 2.33. The van der Waals surface area contributed by atoms with E-state index in [0.717, 1.165) is 44.3 Å². The molecule has 0 spiro atoms. The Balaban J connectivity index is 0.00000288. The summed E-state index contributed by atoms with van der Waals surface area (Å²) in [6.07, 6.45) is 1.05. The molecule has 1 saturated heterocycles. The summed E-state index contributed by atoms with van der Waals surface area (Å²) in [6.45, 7) is 12.9. The van der Waals surface area contributed by atoms with Crippen molar-refractivity contribution in [2.24, 2.45) is 10.9 Å². The predicted octanol–water partition coefficient (Wildman–Crippen LogP) is 3.16. The Morgan fingerprint density at radius 3 is 2.79 bits per heavy atom. The molecule has 24 heavy (non-hydrogen) atoms. The Kier molecular flexibility index (Phi) is 9.48. The van der Waals surface area contributed by atoms with Gasteiger partial charge in [0.25, 0.3) is 0 Å². The van der Waals surface area contributed by atoms with Crippen LogP contribution >= 0.6 is 35.7 Å². The average Bonchev–Trinajstić information content (AvgIpc) is 2.85. The van der Waals surface area contributed by atoms with Gasteiger partial charge < -0.3 is 10.2 Å². The van der Waals surface area contributed by atoms with Crippen molar-refractivity contribution in [1.29, 1.82) is 0 Å². The first-order chi connectivity index (χ1) is 11.0. The Labute approximate surface area is 168 Å². The van der Waals surface area contributed by atoms with E-state index in [-0.39, 0.29) is 24.0 Å². The number of aliphatic imine (C=N–C) groups is 1. The third kappa shape index (κ3) is 6.13. The molecule has 1 unspecified atom stereocenters. The number of thioether (sulfide) groups is 1. The lowest BCUT2D eigenvalue weighted by molar-refractivity contribution is 0.380. The van der Waals surface area contributed by atoms with Gasteiger partial charge in [0, 0.05) is 49.9 Å². The molecule has 1 atom stereocenters. The minimum atomic E-state index is 0. The second-order valence-corrected chi connectivity index (χ2v) is 7.92. The van der Waals surface area contributed by atoms with Crippen molar-refractivity contribution in [1.82, 2.24) is 20.0 Å². The van der Waals surface area contributed by atoms with E-state index in [4.69, 9.17) is 0 Å². The summed E-state index contributed by atoms with van der Waals surface area (Å²) in [7, 11) is 1.88. The minimum absolute atomic E-state index is 0. The van der Waals surface area contributed by atoms with E-state index in [0.29, 0.717) is 11.2 Å². The molecule has 1 aliphatic heterocycles. The standard InChI is InChI=1S/C17H31N5S.HI/c1-13(2)16-12-21(9-10-23-16)17(18-5)19-7-6-8-22-15(4)11-14(3)20-22;/h11,13,16H,6-10,12H2,1-5H3,(H,18,19);1H. The molecule has 2 rings (SSSR count). The van der Waals surface area contributed by atoms with Gasteiger partial charge in [-0.05, 0) is 32.3 Å². The Bertz CT molecular complexity index is 529. The van der Waals surface area contributed by atoms with Crippen LogP contribution in [0.3, 0.4) is 0 Å². The van der Waals surface area contributed by atoms with E-state index in [2.05, 4.69) is 63.6 Å². The van der Waals surface area contributed by atoms with Gasteiger partial charge in [-0.1, -0.05) is 13.8 Å². The molecule has 1 aromatic rings. The van der Waals surface area contributed by atoms with Crippen molar-refractivity contribution in [3.8, 4) is 0 Å². The number of aromatic nitrogens is 2. The largest absolute Gasteiger partial charge is 0.356 e. The molecular formula is C17H32IN5S. The van der Waals surface area contributed by atoms with Crippen LogP contribution in [0.4, 0.5) is 0 Å². The third-order valence-electron chi connectivity index (χ3n) is 4.28. The second kappa shape index (κ2) is 10.5. The van der Waals surface area contributed by atoms with E-state index in [1.807, 2.05) is 14.0 Å². The fourth-order valence-corrected chi connectivity index (χ4v) is 4.23. The van der Waals surface area contributed by atoms with Gasteiger partial charge in [-0.25, -0.2) is 0 Å². The molecule has 0 radical (unpaired) electrons. The van der Waals surface area contributed by atoms with Gasteiger partial charge in [-0.15, -0.1) is 24.0 Å². The van der Waals surface area contributed by atoms with Gasteiger partial charge in [0.05, 0.1) is 5.69 Å². The first-order valence-corrected chi connectivity index (χ1v) is 9.64. The zero-order chi connectivity index (χ0) is 16.8. The summed E-state index contributed by atoms with van der Waals surface area (Å²) in [4.78, 5) is 6.88. The lowest BCUT2D eigenvalue weighted by Gasteiger charge is -2.36. The molecule has 1 aliphatic rings. The molecule has 7 heteroatoms. The molecule has 0 aromatic carbocycles. The van der Waals surface area contributed by atoms with Crippen LogP contribution in [0, 0.1) is 19.8 Å². The third-order valence-corrected chi connectivity index (χ3v) is 5.82. The van der Waals surface area contributed by atoms with Gasteiger partial charge >= 0.3 is 0 Å². The first kappa shape index (κ1) is 21.6. The van der Waals surface area contributed by atoms with Gasteiger partial charge in [-0.3, -0.25) is 9.67 Å². The molecule has 1 fully saturated rings. The lowest BCUT2D eigenvalue weighted by atomic mass is 10.1. The molecule has 2 heterocycles. The molecule has 0 amide bonds. The zero-order valence-corrected chi connectivity index (χ0v) is 18.7. The van der Waals surface area contributed by atoms with Crippen molar-refractivity contribution < 1.29 is 0 Å². The van der Waals surface area contributed by atoms with Crippen LogP contribution in [0.25, 0.3) is 0 Å². The van der Waals surface area contributed by atoms with Crippen molar-refractivity contribution in [3.63, 3.8) is 0 Å². The first-order valence-electron chi connectivity index (χ1n) is 8.59. The number of halogens is 1. The summed E-state index contributed by atoms with van der Waals surface area (Å²) >= 11 is 2.10. The Morgan fingerprint density at radius 2 is 2.21 bits per heavy atom. The number of nitrogens with one attached hydrogen (secondary N) is 1. The van der Waals surface area contributed by atoms with Crippen LogP contribution in [0.1, 0.15) is 31.7 Å². The van der Waals surface area contributed by atoms with Crippen LogP contribution in [-0.2, 0) is 6.54 Å². The number of nitrogens with zero attached hydrogens (tertiary/aromatic N) is 4. The molecule has 1 N–H and O–H groups in total. The van der Waals surface area contributed by atoms with E-state index in [1.54, 1.807) is 0 Å². The highest BCUT2D eigenvalue weighted by Crippen LogP contribution is 2.24. The molecule has 0 saturated carbocycles. The quantitative estimate of drug-likeness (QED) is 0.314. The summed E-state index contributed by atoms with van der Waals surface area (Å²) in [5.74, 6) is 2.95. The van der Waals surface area contributed by atoms with Crippen LogP contribution in [-0.4, -0.2) is 58.3 Å². The van der Waals surface area contributed by atoms with E-state index >= 15 is 0 Å². The SMILES string of the molecule is CN=C(NCCCn1nc(C)cc1C)N1CCSC(C(C)C)C1.I. The maximum absolute atomic E-state index is 4.51. The smallest absolute Gasteiger partial charge is 0.193 e. The van der Waals surface area contributed by atoms with E-state index in [1.165, 1.54) is 11.4 Å². The highest BCUT2D eigenvalue weighted by Gasteiger charge is 2.24. The number of hydrogen-bond acceptors (Lipinski definition) is 3. The predicted molar refractivity (Wildman–Crippen MR) is 116 cm³/mol. The van der Waals surface area contributed by atoms with E-state index < -0.39 is 0 Å². The molecule has 0 bridgehead atoms. The van der Waals surface area contributed by atoms with Crippen LogP contribution in [0.5, 0.6) is 0 Å². The van der Waals surface area contributed by atoms with Crippen LogP contribution in [0.15, 0.2) is 11.1 Å². The zero-order valence-electron chi connectivity index (χ0n) is 15.6. The fraction of sp³-hybridized carbons (Fsp3) is 0.765. The van der Waals surface area contributed by atoms with Crippen LogP contribution < -0.4 is 5.32 Å². The van der Waals surface area contributed by atoms with Gasteiger partial charge in [0.1, 0.15) is 0 Å². The number of aryl methyl sites for hydroxylation is 3. The highest BCUT2D eigenvalue weighted by atomic mass is 127. The average molecular weight is 465 g/mol. The number of guanidine groups is 1. The molecular weight excluding hydrogens is 433 g/mol. The van der Waals surface area contributed by atoms with Crippen molar-refractivity contribution in [2.75, 3.05) is 32.4 Å². The second-order valence-electron chi connectivity index (χ2n) is 6.58. The number of hydrogen-bond donors (Lipinski definition) is 1. The van der Waals surface area contributed by atoms with Gasteiger partial charge in [0.15, 0.2) is 5.96 Å². The van der Waals surface area contributed by atoms with Gasteiger partial charge in [0.2, 0.25) is 0 Å². The maximum atomic E-state index is 4.51. The van der Waals surface area contributed by atoms with Crippen molar-refractivity contribution in [3.05, 3.63) is 17.5 Å². The van der Waals surface area contributed by atoms with Gasteiger partial charge in [-0.2, -0.15) is 16.9 Å². The normalized spacial score (nSPS) is 18.7. The van der Waals surface area contributed by atoms with Crippen LogP contribution in [0.2, 0.25) is 0 Å². The molecule has 138 valence electrons. The van der Waals surface area contributed by atoms with Crippen molar-refractivity contribution in [2.45, 2.75) is 45.9 Å². The molecule has 0 aliphatic carbocycles. The Morgan fingerprint density at radius 1 is 1.46 bits per heavy atom. The molecule has 1 aromatic heterocycles. The summed E-state index contributed by atoms with van der Waals surface area (Å²) in [6, 6.07) is 2.13. The van der Waals surface area contributed by atoms with E-state index in [9.17, 15) is 0 Å². The van der Waals surface area contributed by atoms with Crippen molar-refractivity contribution >= 4 is 41.7 Å². The topological polar surface area (TPSA) is 45.5 Å².